The SMILES string of the molecule is C[C@@H](NC(=O)NC1CCN(C2CCOCC2)CC1)[C@@H](O)c1ccc(O)cc1. The van der Waals surface area contributed by atoms with E-state index < -0.39 is 12.1 Å². The van der Waals surface area contributed by atoms with E-state index in [1.54, 1.807) is 19.1 Å². The quantitative estimate of drug-likeness (QED) is 0.627. The highest BCUT2D eigenvalue weighted by Gasteiger charge is 2.27. The van der Waals surface area contributed by atoms with Crippen LogP contribution in [0.15, 0.2) is 24.3 Å². The van der Waals surface area contributed by atoms with Gasteiger partial charge in [0.25, 0.3) is 0 Å². The number of aliphatic hydroxyl groups is 1. The lowest BCUT2D eigenvalue weighted by Gasteiger charge is -2.39. The van der Waals surface area contributed by atoms with Gasteiger partial charge in [-0.05, 0) is 50.3 Å². The summed E-state index contributed by atoms with van der Waals surface area (Å²) in [6.07, 6.45) is 3.27. The number of nitrogens with zero attached hydrogens (tertiary/aromatic N) is 1. The Morgan fingerprint density at radius 1 is 1.15 bits per heavy atom. The van der Waals surface area contributed by atoms with E-state index in [-0.39, 0.29) is 17.8 Å². The fourth-order valence-corrected chi connectivity index (χ4v) is 3.93. The van der Waals surface area contributed by atoms with Gasteiger partial charge in [0, 0.05) is 38.4 Å². The number of carbonyl (C=O) groups is 1. The molecule has 0 bridgehead atoms. The van der Waals surface area contributed by atoms with Crippen LogP contribution in [0.5, 0.6) is 5.75 Å². The van der Waals surface area contributed by atoms with E-state index in [1.807, 2.05) is 0 Å². The summed E-state index contributed by atoms with van der Waals surface area (Å²) in [5.41, 5.74) is 0.658. The largest absolute Gasteiger partial charge is 0.508 e. The van der Waals surface area contributed by atoms with Gasteiger partial charge in [0.2, 0.25) is 0 Å². The molecular weight excluding hydrogens is 346 g/mol. The number of hydrogen-bond donors (Lipinski definition) is 4. The zero-order valence-corrected chi connectivity index (χ0v) is 15.9. The minimum atomic E-state index is -0.827. The van der Waals surface area contributed by atoms with Crippen molar-refractivity contribution in [1.29, 1.82) is 0 Å². The molecule has 3 rings (SSSR count). The first kappa shape index (κ1) is 19.9. The third-order valence-corrected chi connectivity index (χ3v) is 5.64. The fraction of sp³-hybridized carbons (Fsp3) is 0.650. The lowest BCUT2D eigenvalue weighted by Crippen LogP contribution is -2.52. The van der Waals surface area contributed by atoms with Crippen LogP contribution in [-0.2, 0) is 4.74 Å². The van der Waals surface area contributed by atoms with Crippen LogP contribution >= 0.6 is 0 Å². The Kier molecular flexibility index (Phi) is 6.93. The Hall–Kier alpha value is -1.83. The maximum absolute atomic E-state index is 12.3. The number of piperidine rings is 1. The van der Waals surface area contributed by atoms with Crippen molar-refractivity contribution in [2.24, 2.45) is 0 Å². The molecule has 0 radical (unpaired) electrons. The van der Waals surface area contributed by atoms with E-state index in [9.17, 15) is 15.0 Å². The molecule has 2 aliphatic rings. The third kappa shape index (κ3) is 5.57. The summed E-state index contributed by atoms with van der Waals surface area (Å²) >= 11 is 0. The number of phenolic OH excluding ortho intramolecular Hbond substituents is 1. The number of aromatic hydroxyl groups is 1. The molecule has 0 spiro atoms. The highest BCUT2D eigenvalue weighted by atomic mass is 16.5. The number of benzene rings is 1. The molecular formula is C20H31N3O4. The number of carbonyl (C=O) groups excluding carboxylic acids is 1. The molecule has 4 N–H and O–H groups in total. The highest BCUT2D eigenvalue weighted by molar-refractivity contribution is 5.74. The van der Waals surface area contributed by atoms with Gasteiger partial charge in [0.05, 0.1) is 12.1 Å². The predicted molar refractivity (Wildman–Crippen MR) is 103 cm³/mol. The van der Waals surface area contributed by atoms with Gasteiger partial charge in [0.15, 0.2) is 0 Å². The number of urea groups is 1. The topological polar surface area (TPSA) is 94.1 Å². The maximum atomic E-state index is 12.3. The van der Waals surface area contributed by atoms with Gasteiger partial charge in [-0.25, -0.2) is 4.79 Å². The second-order valence-electron chi connectivity index (χ2n) is 7.60. The van der Waals surface area contributed by atoms with Gasteiger partial charge in [0.1, 0.15) is 5.75 Å². The van der Waals surface area contributed by atoms with Crippen molar-refractivity contribution in [1.82, 2.24) is 15.5 Å². The van der Waals surface area contributed by atoms with Gasteiger partial charge in [-0.15, -0.1) is 0 Å². The standard InChI is InChI=1S/C20H31N3O4/c1-14(19(25)15-2-4-18(24)5-3-15)21-20(26)22-16-6-10-23(11-7-16)17-8-12-27-13-9-17/h2-5,14,16-17,19,24-25H,6-13H2,1H3,(H2,21,22,26)/t14-,19-/m1/s1. The first-order chi connectivity index (χ1) is 13.0. The van der Waals surface area contributed by atoms with Crippen LogP contribution in [0.3, 0.4) is 0 Å². The van der Waals surface area contributed by atoms with Crippen LogP contribution in [0.4, 0.5) is 4.79 Å². The smallest absolute Gasteiger partial charge is 0.315 e. The second-order valence-corrected chi connectivity index (χ2v) is 7.60. The molecule has 0 aliphatic carbocycles. The molecule has 2 saturated heterocycles. The zero-order valence-electron chi connectivity index (χ0n) is 15.9. The summed E-state index contributed by atoms with van der Waals surface area (Å²) < 4.78 is 5.43. The Morgan fingerprint density at radius 2 is 1.78 bits per heavy atom. The van der Waals surface area contributed by atoms with E-state index in [0.717, 1.165) is 52.0 Å². The second kappa shape index (κ2) is 9.39. The molecule has 2 amide bonds. The summed E-state index contributed by atoms with van der Waals surface area (Å²) in [6.45, 7) is 5.48. The Labute approximate surface area is 160 Å². The van der Waals surface area contributed by atoms with E-state index in [0.29, 0.717) is 11.6 Å². The fourth-order valence-electron chi connectivity index (χ4n) is 3.93. The summed E-state index contributed by atoms with van der Waals surface area (Å²) in [5.74, 6) is 0.149. The van der Waals surface area contributed by atoms with Crippen molar-refractivity contribution in [2.75, 3.05) is 26.3 Å². The van der Waals surface area contributed by atoms with Crippen molar-refractivity contribution >= 4 is 6.03 Å². The normalized spacial score (nSPS) is 22.1. The lowest BCUT2D eigenvalue weighted by atomic mass is 10.00. The van der Waals surface area contributed by atoms with Gasteiger partial charge in [-0.2, -0.15) is 0 Å². The molecule has 150 valence electrons. The Balaban J connectivity index is 1.40. The predicted octanol–water partition coefficient (Wildman–Crippen LogP) is 1.76. The van der Waals surface area contributed by atoms with Crippen molar-refractivity contribution in [3.63, 3.8) is 0 Å². The molecule has 7 nitrogen and oxygen atoms in total. The van der Waals surface area contributed by atoms with E-state index in [4.69, 9.17) is 4.74 Å². The molecule has 1 aromatic carbocycles. The zero-order chi connectivity index (χ0) is 19.2. The van der Waals surface area contributed by atoms with Crippen LogP contribution in [0.25, 0.3) is 0 Å². The minimum Gasteiger partial charge on any atom is -0.508 e. The number of aliphatic hydroxyl groups excluding tert-OH is 1. The average molecular weight is 377 g/mol. The van der Waals surface area contributed by atoms with Gasteiger partial charge in [-0.1, -0.05) is 12.1 Å². The van der Waals surface area contributed by atoms with Crippen LogP contribution < -0.4 is 10.6 Å². The van der Waals surface area contributed by atoms with Crippen LogP contribution in [0.1, 0.15) is 44.3 Å². The van der Waals surface area contributed by atoms with Crippen LogP contribution in [0.2, 0.25) is 0 Å². The number of nitrogens with one attached hydrogen (secondary N) is 2. The van der Waals surface area contributed by atoms with Crippen molar-refractivity contribution in [3.8, 4) is 5.75 Å². The molecule has 2 heterocycles. The number of likely N-dealkylation sites (tertiary alicyclic amines) is 1. The van der Waals surface area contributed by atoms with E-state index >= 15 is 0 Å². The van der Waals surface area contributed by atoms with E-state index in [1.165, 1.54) is 12.1 Å². The number of hydrogen-bond acceptors (Lipinski definition) is 5. The molecule has 27 heavy (non-hydrogen) atoms. The molecule has 0 saturated carbocycles. The molecule has 1 aromatic rings. The Morgan fingerprint density at radius 3 is 2.41 bits per heavy atom. The summed E-state index contributed by atoms with van der Waals surface area (Å²) in [4.78, 5) is 14.8. The number of rotatable bonds is 5. The molecule has 2 atom stereocenters. The molecule has 2 fully saturated rings. The summed E-state index contributed by atoms with van der Waals surface area (Å²) in [5, 5.41) is 25.6. The third-order valence-electron chi connectivity index (χ3n) is 5.64. The number of amides is 2. The van der Waals surface area contributed by atoms with Gasteiger partial charge in [-0.3, -0.25) is 0 Å². The summed E-state index contributed by atoms with van der Waals surface area (Å²) in [6, 6.07) is 6.47. The summed E-state index contributed by atoms with van der Waals surface area (Å²) in [7, 11) is 0. The molecule has 7 heteroatoms. The molecule has 0 aromatic heterocycles. The van der Waals surface area contributed by atoms with Gasteiger partial charge < -0.3 is 30.5 Å². The minimum absolute atomic E-state index is 0.149. The first-order valence-electron chi connectivity index (χ1n) is 9.89. The van der Waals surface area contributed by atoms with Crippen LogP contribution in [0, 0.1) is 0 Å². The maximum Gasteiger partial charge on any atom is 0.315 e. The highest BCUT2D eigenvalue weighted by Crippen LogP contribution is 2.21. The number of ether oxygens (including phenoxy) is 1. The van der Waals surface area contributed by atoms with Crippen molar-refractivity contribution < 1.29 is 19.7 Å². The van der Waals surface area contributed by atoms with Crippen molar-refractivity contribution in [3.05, 3.63) is 29.8 Å². The average Bonchev–Trinajstić information content (AvgIpc) is 2.69. The van der Waals surface area contributed by atoms with Gasteiger partial charge >= 0.3 is 6.03 Å². The Bertz CT molecular complexity index is 596. The molecule has 0 unspecified atom stereocenters. The first-order valence-corrected chi connectivity index (χ1v) is 9.89. The molecule has 2 aliphatic heterocycles. The van der Waals surface area contributed by atoms with E-state index in [2.05, 4.69) is 15.5 Å². The lowest BCUT2D eigenvalue weighted by molar-refractivity contribution is 0.0243. The van der Waals surface area contributed by atoms with Crippen LogP contribution in [-0.4, -0.2) is 65.6 Å². The monoisotopic (exact) mass is 377 g/mol. The number of phenols is 1. The van der Waals surface area contributed by atoms with Crippen molar-refractivity contribution in [2.45, 2.75) is 56.8 Å².